The highest BCUT2D eigenvalue weighted by Gasteiger charge is 2.05. The first-order chi connectivity index (χ1) is 9.00. The topological polar surface area (TPSA) is 170 Å². The van der Waals surface area contributed by atoms with E-state index in [1.165, 1.54) is 0 Å². The van der Waals surface area contributed by atoms with Gasteiger partial charge in [0.15, 0.2) is 0 Å². The van der Waals surface area contributed by atoms with Gasteiger partial charge < -0.3 is 25.1 Å². The average Bonchev–Trinajstić information content (AvgIpc) is 2.43. The molecule has 1 heterocycles. The van der Waals surface area contributed by atoms with Crippen molar-refractivity contribution in [3.63, 3.8) is 0 Å². The molecule has 0 aliphatic carbocycles. The van der Waals surface area contributed by atoms with Crippen molar-refractivity contribution in [1.82, 2.24) is 15.0 Å². The molecule has 0 bridgehead atoms. The number of nitrogen functional groups attached to an aromatic ring is 1. The van der Waals surface area contributed by atoms with Crippen LogP contribution in [0.2, 0.25) is 6.04 Å². The molecule has 0 fully saturated rings. The van der Waals surface area contributed by atoms with E-state index in [9.17, 15) is 9.59 Å². The van der Waals surface area contributed by atoms with Gasteiger partial charge in [-0.15, -0.1) is 0 Å². The number of nitrogens with zero attached hydrogens (tertiary/aromatic N) is 3. The molecule has 0 amide bonds. The molecule has 0 atom stereocenters. The molecule has 10 nitrogen and oxygen atoms in total. The van der Waals surface area contributed by atoms with Crippen molar-refractivity contribution in [2.75, 3.05) is 24.4 Å². The second-order valence-corrected chi connectivity index (χ2v) is 5.94. The molecule has 0 aromatic carbocycles. The third kappa shape index (κ3) is 5.42. The maximum absolute atomic E-state index is 11.1. The molecule has 1 aromatic heterocycles. The predicted molar refractivity (Wildman–Crippen MR) is 66.2 cm³/mol. The van der Waals surface area contributed by atoms with Crippen molar-refractivity contribution in [2.24, 2.45) is 11.6 Å². The number of aromatic nitrogens is 3. The highest BCUT2D eigenvalue weighted by atomic mass is 28.4. The Kier molecular flexibility index (Phi) is 6.00. The maximum Gasteiger partial charge on any atom is 0.242 e. The molecule has 0 radical (unpaired) electrons. The van der Waals surface area contributed by atoms with Gasteiger partial charge in [-0.3, -0.25) is 5.43 Å². The van der Waals surface area contributed by atoms with Crippen LogP contribution >= 0.6 is 0 Å². The largest absolute Gasteiger partial charge is 0.849 e. The summed E-state index contributed by atoms with van der Waals surface area (Å²) in [5.74, 6) is 6.05. The monoisotopic (exact) mass is 287 g/mol. The van der Waals surface area contributed by atoms with Crippen LogP contribution in [0, 0.1) is 0 Å². The van der Waals surface area contributed by atoms with Gasteiger partial charge in [-0.05, 0) is 15.2 Å². The van der Waals surface area contributed by atoms with Crippen LogP contribution < -0.4 is 31.9 Å². The standard InChI is InChI=1S/C8H17N7O3Si/c1-18-19(16,17)4-2-3-11-7-12-6(5-9)13-8(14-7)15-10/h2-5,9-10H2,1H3,(H2,11,12,13,14,15)/q-2. The molecule has 11 heteroatoms. The molecule has 19 heavy (non-hydrogen) atoms. The lowest BCUT2D eigenvalue weighted by Gasteiger charge is -2.44. The second kappa shape index (κ2) is 7.27. The van der Waals surface area contributed by atoms with Gasteiger partial charge in [-0.1, -0.05) is 6.04 Å². The molecular formula is C8H17N7O3Si-2. The van der Waals surface area contributed by atoms with Crippen molar-refractivity contribution in [3.8, 4) is 0 Å². The normalized spacial score (nSPS) is 11.4. The summed E-state index contributed by atoms with van der Waals surface area (Å²) in [5.41, 5.74) is 7.72. The molecule has 6 N–H and O–H groups in total. The van der Waals surface area contributed by atoms with E-state index in [-0.39, 0.29) is 24.5 Å². The zero-order valence-electron chi connectivity index (χ0n) is 10.5. The number of nitrogens with one attached hydrogen (secondary N) is 2. The molecule has 1 rings (SSSR count). The molecule has 0 saturated heterocycles. The molecule has 0 unspecified atom stereocenters. The highest BCUT2D eigenvalue weighted by Crippen LogP contribution is 2.05. The summed E-state index contributed by atoms with van der Waals surface area (Å²) in [6.07, 6.45) is 0.377. The van der Waals surface area contributed by atoms with Crippen LogP contribution in [0.25, 0.3) is 0 Å². The van der Waals surface area contributed by atoms with Gasteiger partial charge >= 0.3 is 0 Å². The first kappa shape index (κ1) is 15.7. The Hall–Kier alpha value is -1.37. The first-order valence-electron chi connectivity index (χ1n) is 5.62. The lowest BCUT2D eigenvalue weighted by Crippen LogP contribution is -2.64. The molecule has 0 aliphatic heterocycles. The SMILES string of the molecule is CO[Si]([O-])([O-])CCCNc1nc(CN)nc(NN)n1. The number of hydrogen-bond acceptors (Lipinski definition) is 10. The second-order valence-electron chi connectivity index (χ2n) is 3.66. The van der Waals surface area contributed by atoms with E-state index >= 15 is 0 Å². The van der Waals surface area contributed by atoms with E-state index in [0.717, 1.165) is 7.11 Å². The molecule has 0 spiro atoms. The number of rotatable bonds is 8. The minimum atomic E-state index is -4.00. The third-order valence-corrected chi connectivity index (χ3v) is 3.84. The number of anilines is 2. The number of hydrazine groups is 1. The zero-order valence-corrected chi connectivity index (χ0v) is 11.5. The summed E-state index contributed by atoms with van der Waals surface area (Å²) in [7, 11) is -2.85. The van der Waals surface area contributed by atoms with Gasteiger partial charge in [-0.2, -0.15) is 15.0 Å². The minimum absolute atomic E-state index is 0.0344. The molecular weight excluding hydrogens is 270 g/mol. The summed E-state index contributed by atoms with van der Waals surface area (Å²) in [6, 6.07) is -0.0344. The maximum atomic E-state index is 11.1. The van der Waals surface area contributed by atoms with Crippen LogP contribution in [0.15, 0.2) is 0 Å². The van der Waals surface area contributed by atoms with Gasteiger partial charge in [0.05, 0.1) is 6.54 Å². The Labute approximate surface area is 111 Å². The van der Waals surface area contributed by atoms with Crippen LogP contribution in [-0.4, -0.2) is 37.4 Å². The van der Waals surface area contributed by atoms with E-state index in [0.29, 0.717) is 18.8 Å². The van der Waals surface area contributed by atoms with Crippen LogP contribution in [0.5, 0.6) is 0 Å². The van der Waals surface area contributed by atoms with Crippen LogP contribution in [0.4, 0.5) is 11.9 Å². The van der Waals surface area contributed by atoms with Crippen LogP contribution in [0.1, 0.15) is 12.2 Å². The fourth-order valence-electron chi connectivity index (χ4n) is 1.26. The van der Waals surface area contributed by atoms with Gasteiger partial charge in [-0.25, -0.2) is 5.84 Å². The van der Waals surface area contributed by atoms with E-state index in [2.05, 4.69) is 30.1 Å². The number of nitrogens with two attached hydrogens (primary N) is 2. The van der Waals surface area contributed by atoms with Crippen molar-refractivity contribution < 1.29 is 14.0 Å². The Morgan fingerprint density at radius 2 is 1.95 bits per heavy atom. The molecule has 1 aromatic rings. The van der Waals surface area contributed by atoms with E-state index in [1.54, 1.807) is 0 Å². The molecule has 0 aliphatic rings. The van der Waals surface area contributed by atoms with Gasteiger partial charge in [0.25, 0.3) is 0 Å². The molecule has 108 valence electrons. The first-order valence-corrected chi connectivity index (χ1v) is 7.55. The smallest absolute Gasteiger partial charge is 0.242 e. The Balaban J connectivity index is 2.49. The zero-order chi connectivity index (χ0) is 14.3. The summed E-state index contributed by atoms with van der Waals surface area (Å²) >= 11 is 0. The van der Waals surface area contributed by atoms with Gasteiger partial charge in [0.2, 0.25) is 11.9 Å². The minimum Gasteiger partial charge on any atom is -0.849 e. The van der Waals surface area contributed by atoms with E-state index in [4.69, 9.17) is 11.6 Å². The van der Waals surface area contributed by atoms with Crippen molar-refractivity contribution >= 4 is 20.7 Å². The van der Waals surface area contributed by atoms with E-state index < -0.39 is 8.80 Å². The predicted octanol–water partition coefficient (Wildman–Crippen LogP) is -3.28. The third-order valence-electron chi connectivity index (χ3n) is 2.25. The van der Waals surface area contributed by atoms with Gasteiger partial charge in [0.1, 0.15) is 5.82 Å². The Bertz CT molecular complexity index is 384. The summed E-state index contributed by atoms with van der Waals surface area (Å²) in [6.45, 7) is 0.521. The lowest BCUT2D eigenvalue weighted by molar-refractivity contribution is -0.404. The quantitative estimate of drug-likeness (QED) is 0.164. The van der Waals surface area contributed by atoms with Crippen LogP contribution in [0.3, 0.4) is 0 Å². The van der Waals surface area contributed by atoms with E-state index in [1.807, 2.05) is 0 Å². The average molecular weight is 287 g/mol. The summed E-state index contributed by atoms with van der Waals surface area (Å²) in [4.78, 5) is 34.2. The van der Waals surface area contributed by atoms with Crippen molar-refractivity contribution in [2.45, 2.75) is 19.0 Å². The molecule has 0 saturated carbocycles. The van der Waals surface area contributed by atoms with Crippen LogP contribution in [-0.2, 0) is 11.0 Å². The summed E-state index contributed by atoms with van der Waals surface area (Å²) < 4.78 is 4.38. The lowest BCUT2D eigenvalue weighted by atomic mass is 10.5. The fourth-order valence-corrected chi connectivity index (χ4v) is 2.08. The Morgan fingerprint density at radius 1 is 1.26 bits per heavy atom. The highest BCUT2D eigenvalue weighted by molar-refractivity contribution is 6.53. The summed E-state index contributed by atoms with van der Waals surface area (Å²) in [5, 5.41) is 2.87. The van der Waals surface area contributed by atoms with Crippen molar-refractivity contribution in [3.05, 3.63) is 5.82 Å². The van der Waals surface area contributed by atoms with Crippen molar-refractivity contribution in [1.29, 1.82) is 0 Å². The van der Waals surface area contributed by atoms with Gasteiger partial charge in [0, 0.05) is 13.7 Å². The fraction of sp³-hybridized carbons (Fsp3) is 0.625. The Morgan fingerprint density at radius 3 is 2.53 bits per heavy atom. The number of hydrogen-bond donors (Lipinski definition) is 4.